The lowest BCUT2D eigenvalue weighted by Gasteiger charge is -2.36. The van der Waals surface area contributed by atoms with Crippen LogP contribution in [0.25, 0.3) is 11.0 Å². The van der Waals surface area contributed by atoms with E-state index in [0.29, 0.717) is 11.1 Å². The Bertz CT molecular complexity index is 1140. The molecule has 5 rings (SSSR count). The van der Waals surface area contributed by atoms with E-state index in [9.17, 15) is 4.79 Å². The summed E-state index contributed by atoms with van der Waals surface area (Å²) in [6.45, 7) is 1.94. The maximum atomic E-state index is 12.6. The van der Waals surface area contributed by atoms with Crippen molar-refractivity contribution >= 4 is 22.6 Å². The number of piperidine rings is 1. The molecule has 0 bridgehead atoms. The van der Waals surface area contributed by atoms with Gasteiger partial charge in [0.15, 0.2) is 11.5 Å². The van der Waals surface area contributed by atoms with Gasteiger partial charge in [0.1, 0.15) is 0 Å². The number of H-pyrrole nitrogens is 1. The Balaban J connectivity index is 1.36. The monoisotopic (exact) mass is 427 g/mol. The molecule has 1 aliphatic heterocycles. The summed E-state index contributed by atoms with van der Waals surface area (Å²) in [6.07, 6.45) is 4.08. The van der Waals surface area contributed by atoms with Crippen LogP contribution in [0.4, 0.5) is 0 Å². The lowest BCUT2D eigenvalue weighted by Crippen LogP contribution is -2.38. The van der Waals surface area contributed by atoms with Crippen LogP contribution in [0.1, 0.15) is 42.5 Å². The van der Waals surface area contributed by atoms with E-state index >= 15 is 0 Å². The molecule has 1 aromatic heterocycles. The smallest absolute Gasteiger partial charge is 0.326 e. The van der Waals surface area contributed by atoms with Gasteiger partial charge in [0.2, 0.25) is 0 Å². The third kappa shape index (κ3) is 3.19. The van der Waals surface area contributed by atoms with Gasteiger partial charge in [0.25, 0.3) is 0 Å². The first-order valence-corrected chi connectivity index (χ1v) is 10.9. The van der Waals surface area contributed by atoms with Gasteiger partial charge in [-0.15, -0.1) is 0 Å². The second kappa shape index (κ2) is 7.67. The zero-order valence-corrected chi connectivity index (χ0v) is 18.0. The van der Waals surface area contributed by atoms with Crippen LogP contribution in [0, 0.1) is 0 Å². The Labute approximate surface area is 180 Å². The molecule has 6 nitrogen and oxygen atoms in total. The minimum Gasteiger partial charge on any atom is -0.493 e. The first-order chi connectivity index (χ1) is 14.6. The predicted octanol–water partition coefficient (Wildman–Crippen LogP) is 4.32. The van der Waals surface area contributed by atoms with Crippen LogP contribution in [0.3, 0.4) is 0 Å². The lowest BCUT2D eigenvalue weighted by molar-refractivity contribution is 0.134. The molecule has 1 saturated heterocycles. The number of rotatable bonds is 4. The van der Waals surface area contributed by atoms with Crippen molar-refractivity contribution in [1.82, 2.24) is 14.5 Å². The van der Waals surface area contributed by atoms with Crippen molar-refractivity contribution in [2.75, 3.05) is 27.3 Å². The van der Waals surface area contributed by atoms with Crippen LogP contribution in [-0.2, 0) is 6.42 Å². The number of hydrogen-bond donors (Lipinski definition) is 1. The molecule has 1 fully saturated rings. The molecule has 1 unspecified atom stereocenters. The van der Waals surface area contributed by atoms with Crippen molar-refractivity contribution in [3.8, 4) is 11.5 Å². The normalized spacial score (nSPS) is 19.9. The summed E-state index contributed by atoms with van der Waals surface area (Å²) in [5, 5.41) is 0.637. The molecule has 0 amide bonds. The molecule has 1 atom stereocenters. The van der Waals surface area contributed by atoms with Gasteiger partial charge < -0.3 is 14.5 Å². The van der Waals surface area contributed by atoms with Gasteiger partial charge in [-0.25, -0.2) is 4.79 Å². The molecule has 1 aliphatic carbocycles. The van der Waals surface area contributed by atoms with Gasteiger partial charge in [0, 0.05) is 30.2 Å². The van der Waals surface area contributed by atoms with E-state index in [1.807, 2.05) is 22.8 Å². The number of aromatic amines is 1. The number of hydrogen-bond acceptors (Lipinski definition) is 4. The van der Waals surface area contributed by atoms with Crippen molar-refractivity contribution in [2.24, 2.45) is 0 Å². The second-order valence-corrected chi connectivity index (χ2v) is 8.63. The zero-order chi connectivity index (χ0) is 20.8. The number of nitrogens with zero attached hydrogens (tertiary/aromatic N) is 2. The molecule has 0 saturated carbocycles. The summed E-state index contributed by atoms with van der Waals surface area (Å²) in [4.78, 5) is 18.1. The number of ether oxygens (including phenoxy) is 2. The van der Waals surface area contributed by atoms with Gasteiger partial charge in [0.05, 0.1) is 25.3 Å². The Kier molecular flexibility index (Phi) is 4.99. The van der Waals surface area contributed by atoms with E-state index in [0.717, 1.165) is 61.3 Å². The minimum atomic E-state index is -0.0474. The summed E-state index contributed by atoms with van der Waals surface area (Å²) in [5.74, 6) is 1.59. The highest BCUT2D eigenvalue weighted by molar-refractivity contribution is 6.31. The van der Waals surface area contributed by atoms with Crippen molar-refractivity contribution in [1.29, 1.82) is 0 Å². The molecule has 3 aromatic rings. The number of nitrogens with one attached hydrogen (secondary N) is 1. The number of benzene rings is 2. The molecule has 0 spiro atoms. The maximum Gasteiger partial charge on any atom is 0.326 e. The van der Waals surface area contributed by atoms with Crippen molar-refractivity contribution < 1.29 is 9.47 Å². The molecule has 7 heteroatoms. The molecule has 30 heavy (non-hydrogen) atoms. The molecule has 2 aromatic carbocycles. The van der Waals surface area contributed by atoms with E-state index in [1.54, 1.807) is 14.2 Å². The largest absolute Gasteiger partial charge is 0.493 e. The van der Waals surface area contributed by atoms with E-state index in [2.05, 4.69) is 22.0 Å². The standard InChI is InChI=1S/C23H26ClN3O3/c1-29-21-11-14-3-5-19(17(14)13-22(21)30-2)26-9-7-16(8-10-26)27-20-6-4-15(24)12-18(20)25-23(27)28/h4,6,11-13,16,19H,3,5,7-10H2,1-2H3,(H,25,28). The summed E-state index contributed by atoms with van der Waals surface area (Å²) in [6, 6.07) is 10.5. The number of fused-ring (bicyclic) bond motifs is 2. The number of methoxy groups -OCH3 is 2. The molecule has 2 aliphatic rings. The van der Waals surface area contributed by atoms with E-state index < -0.39 is 0 Å². The van der Waals surface area contributed by atoms with Crippen molar-refractivity contribution in [2.45, 2.75) is 37.8 Å². The van der Waals surface area contributed by atoms with Gasteiger partial charge >= 0.3 is 5.69 Å². The van der Waals surface area contributed by atoms with E-state index in [-0.39, 0.29) is 11.7 Å². The van der Waals surface area contributed by atoms with Crippen LogP contribution < -0.4 is 15.2 Å². The summed E-state index contributed by atoms with van der Waals surface area (Å²) in [5.41, 5.74) is 4.40. The van der Waals surface area contributed by atoms with Crippen LogP contribution in [0.5, 0.6) is 11.5 Å². The second-order valence-electron chi connectivity index (χ2n) is 8.19. The fourth-order valence-corrected chi connectivity index (χ4v) is 5.38. The number of aromatic nitrogens is 2. The fraction of sp³-hybridized carbons (Fsp3) is 0.435. The Hall–Kier alpha value is -2.44. The third-order valence-corrected chi connectivity index (χ3v) is 6.91. The molecular weight excluding hydrogens is 402 g/mol. The van der Waals surface area contributed by atoms with E-state index in [4.69, 9.17) is 21.1 Å². The summed E-state index contributed by atoms with van der Waals surface area (Å²) >= 11 is 6.08. The predicted molar refractivity (Wildman–Crippen MR) is 118 cm³/mol. The average molecular weight is 428 g/mol. The molecule has 2 heterocycles. The van der Waals surface area contributed by atoms with Gasteiger partial charge in [-0.05, 0) is 67.1 Å². The number of likely N-dealkylation sites (tertiary alicyclic amines) is 1. The van der Waals surface area contributed by atoms with Crippen molar-refractivity contribution in [3.05, 3.63) is 57.0 Å². The van der Waals surface area contributed by atoms with Crippen LogP contribution in [-0.4, -0.2) is 41.8 Å². The van der Waals surface area contributed by atoms with Gasteiger partial charge in [-0.1, -0.05) is 11.6 Å². The Morgan fingerprint density at radius 2 is 1.77 bits per heavy atom. The highest BCUT2D eigenvalue weighted by atomic mass is 35.5. The minimum absolute atomic E-state index is 0.0474. The number of halogens is 1. The Morgan fingerprint density at radius 3 is 2.50 bits per heavy atom. The first kappa shape index (κ1) is 19.5. The highest BCUT2D eigenvalue weighted by Crippen LogP contribution is 2.43. The lowest BCUT2D eigenvalue weighted by atomic mass is 9.99. The van der Waals surface area contributed by atoms with Crippen LogP contribution in [0.2, 0.25) is 5.02 Å². The number of imidazole rings is 1. The molecular formula is C23H26ClN3O3. The summed E-state index contributed by atoms with van der Waals surface area (Å²) in [7, 11) is 3.37. The Morgan fingerprint density at radius 1 is 1.03 bits per heavy atom. The first-order valence-electron chi connectivity index (χ1n) is 10.5. The number of aryl methyl sites for hydroxylation is 1. The van der Waals surface area contributed by atoms with Gasteiger partial charge in [-0.2, -0.15) is 0 Å². The van der Waals surface area contributed by atoms with Crippen LogP contribution >= 0.6 is 11.6 Å². The fourth-order valence-electron chi connectivity index (χ4n) is 5.21. The quantitative estimate of drug-likeness (QED) is 0.673. The third-order valence-electron chi connectivity index (χ3n) is 6.68. The van der Waals surface area contributed by atoms with Crippen molar-refractivity contribution in [3.63, 3.8) is 0 Å². The summed E-state index contributed by atoms with van der Waals surface area (Å²) < 4.78 is 12.9. The van der Waals surface area contributed by atoms with Crippen LogP contribution in [0.15, 0.2) is 35.1 Å². The SMILES string of the molecule is COc1cc2c(cc1OC)C(N1CCC(n3c(=O)[nH]c4cc(Cl)ccc43)CC1)CC2. The van der Waals surface area contributed by atoms with E-state index in [1.165, 1.54) is 11.1 Å². The highest BCUT2D eigenvalue weighted by Gasteiger charge is 2.33. The molecule has 1 N–H and O–H groups in total. The topological polar surface area (TPSA) is 59.5 Å². The zero-order valence-electron chi connectivity index (χ0n) is 17.3. The average Bonchev–Trinajstić information content (AvgIpc) is 3.32. The molecule has 158 valence electrons. The maximum absolute atomic E-state index is 12.6. The van der Waals surface area contributed by atoms with Gasteiger partial charge in [-0.3, -0.25) is 9.47 Å². The molecule has 0 radical (unpaired) electrons.